The van der Waals surface area contributed by atoms with Crippen LogP contribution >= 0.6 is 11.6 Å². The molecule has 0 aromatic heterocycles. The van der Waals surface area contributed by atoms with Crippen molar-refractivity contribution in [3.63, 3.8) is 0 Å². The van der Waals surface area contributed by atoms with Gasteiger partial charge in [-0.2, -0.15) is 0 Å². The maximum absolute atomic E-state index is 12.9. The van der Waals surface area contributed by atoms with Crippen LogP contribution in [0.3, 0.4) is 0 Å². The fourth-order valence-corrected chi connectivity index (χ4v) is 3.16. The first-order chi connectivity index (χ1) is 12.7. The van der Waals surface area contributed by atoms with Gasteiger partial charge in [-0.25, -0.2) is 0 Å². The van der Waals surface area contributed by atoms with E-state index in [-0.39, 0.29) is 12.0 Å². The quantitative estimate of drug-likeness (QED) is 0.788. The molecule has 0 spiro atoms. The number of morpholine rings is 1. The largest absolute Gasteiger partial charge is 0.493 e. The summed E-state index contributed by atoms with van der Waals surface area (Å²) in [4.78, 5) is 14.7. The summed E-state index contributed by atoms with van der Waals surface area (Å²) in [6.07, 6.45) is 0.652. The molecule has 26 heavy (non-hydrogen) atoms. The van der Waals surface area contributed by atoms with Crippen molar-refractivity contribution in [3.05, 3.63) is 64.7 Å². The van der Waals surface area contributed by atoms with Gasteiger partial charge in [-0.05, 0) is 36.7 Å². The highest BCUT2D eigenvalue weighted by molar-refractivity contribution is 6.34. The summed E-state index contributed by atoms with van der Waals surface area (Å²) in [7, 11) is 0. The molecule has 1 heterocycles. The highest BCUT2D eigenvalue weighted by Crippen LogP contribution is 2.27. The Morgan fingerprint density at radius 1 is 1.27 bits per heavy atom. The standard InChI is InChI=1S/C20H23ClN2O3/c21-18-13-16(25-11-4-9-22)7-8-17(18)20(24)23-10-12-26-19(14-23)15-5-2-1-3-6-15/h1-3,5-8,13,19H,4,9-12,14,22H2. The van der Waals surface area contributed by atoms with Gasteiger partial charge in [-0.1, -0.05) is 41.9 Å². The smallest absolute Gasteiger partial charge is 0.255 e. The molecule has 0 radical (unpaired) electrons. The molecular weight excluding hydrogens is 352 g/mol. The molecule has 0 aliphatic carbocycles. The second-order valence-electron chi connectivity index (χ2n) is 6.15. The Bertz CT molecular complexity index is 739. The van der Waals surface area contributed by atoms with E-state index in [0.717, 1.165) is 12.0 Å². The highest BCUT2D eigenvalue weighted by Gasteiger charge is 2.27. The zero-order valence-corrected chi connectivity index (χ0v) is 15.3. The molecule has 2 N–H and O–H groups in total. The van der Waals surface area contributed by atoms with Crippen LogP contribution in [0.2, 0.25) is 5.02 Å². The number of halogens is 1. The predicted molar refractivity (Wildman–Crippen MR) is 102 cm³/mol. The van der Waals surface area contributed by atoms with Crippen LogP contribution in [0.15, 0.2) is 48.5 Å². The first kappa shape index (κ1) is 18.7. The van der Waals surface area contributed by atoms with Crippen LogP contribution in [0.4, 0.5) is 0 Å². The lowest BCUT2D eigenvalue weighted by Gasteiger charge is -2.33. The molecule has 138 valence electrons. The third-order valence-corrected chi connectivity index (χ3v) is 4.63. The van der Waals surface area contributed by atoms with Crippen LogP contribution in [0.25, 0.3) is 0 Å². The van der Waals surface area contributed by atoms with Crippen molar-refractivity contribution in [2.75, 3.05) is 32.8 Å². The number of carbonyl (C=O) groups excluding carboxylic acids is 1. The fraction of sp³-hybridized carbons (Fsp3) is 0.350. The Labute approximate surface area is 158 Å². The molecule has 1 fully saturated rings. The number of benzene rings is 2. The van der Waals surface area contributed by atoms with Gasteiger partial charge >= 0.3 is 0 Å². The zero-order chi connectivity index (χ0) is 18.4. The molecule has 6 heteroatoms. The van der Waals surface area contributed by atoms with Crippen LogP contribution < -0.4 is 10.5 Å². The van der Waals surface area contributed by atoms with E-state index >= 15 is 0 Å². The second-order valence-corrected chi connectivity index (χ2v) is 6.56. The van der Waals surface area contributed by atoms with Gasteiger partial charge < -0.3 is 20.1 Å². The third-order valence-electron chi connectivity index (χ3n) is 4.31. The van der Waals surface area contributed by atoms with Gasteiger partial charge in [0.1, 0.15) is 11.9 Å². The number of rotatable bonds is 6. The Morgan fingerprint density at radius 2 is 2.08 bits per heavy atom. The fourth-order valence-electron chi connectivity index (χ4n) is 2.91. The summed E-state index contributed by atoms with van der Waals surface area (Å²) in [5, 5.41) is 0.392. The Kier molecular flexibility index (Phi) is 6.50. The zero-order valence-electron chi connectivity index (χ0n) is 14.6. The van der Waals surface area contributed by atoms with Gasteiger partial charge in [0, 0.05) is 6.54 Å². The lowest BCUT2D eigenvalue weighted by Crippen LogP contribution is -2.42. The molecule has 2 aromatic carbocycles. The van der Waals surface area contributed by atoms with Crippen LogP contribution in [-0.4, -0.2) is 43.7 Å². The van der Waals surface area contributed by atoms with Crippen molar-refractivity contribution >= 4 is 17.5 Å². The number of nitrogens with zero attached hydrogens (tertiary/aromatic N) is 1. The third kappa shape index (κ3) is 4.55. The normalized spacial score (nSPS) is 17.2. The molecule has 1 atom stereocenters. The average Bonchev–Trinajstić information content (AvgIpc) is 2.69. The van der Waals surface area contributed by atoms with E-state index in [2.05, 4.69) is 0 Å². The van der Waals surface area contributed by atoms with E-state index in [1.165, 1.54) is 0 Å². The van der Waals surface area contributed by atoms with Crippen molar-refractivity contribution in [2.24, 2.45) is 5.73 Å². The van der Waals surface area contributed by atoms with E-state index in [1.54, 1.807) is 23.1 Å². The Morgan fingerprint density at radius 3 is 2.81 bits per heavy atom. The monoisotopic (exact) mass is 374 g/mol. The molecule has 1 unspecified atom stereocenters. The van der Waals surface area contributed by atoms with Gasteiger partial charge in [0.2, 0.25) is 0 Å². The maximum Gasteiger partial charge on any atom is 0.255 e. The minimum absolute atomic E-state index is 0.0901. The minimum atomic E-state index is -0.119. The molecule has 1 saturated heterocycles. The van der Waals surface area contributed by atoms with Crippen molar-refractivity contribution in [3.8, 4) is 5.75 Å². The lowest BCUT2D eigenvalue weighted by molar-refractivity contribution is -0.0228. The summed E-state index contributed by atoms with van der Waals surface area (Å²) in [6, 6.07) is 15.1. The molecule has 3 rings (SSSR count). The second kappa shape index (κ2) is 9.03. The summed E-state index contributed by atoms with van der Waals surface area (Å²) in [5.41, 5.74) is 7.00. The first-order valence-electron chi connectivity index (χ1n) is 8.77. The predicted octanol–water partition coefficient (Wildman–Crippen LogP) is 3.28. The molecule has 0 saturated carbocycles. The topological polar surface area (TPSA) is 64.8 Å². The number of ether oxygens (including phenoxy) is 2. The van der Waals surface area contributed by atoms with Gasteiger partial charge in [0.25, 0.3) is 5.91 Å². The Hall–Kier alpha value is -2.08. The van der Waals surface area contributed by atoms with Gasteiger partial charge in [0.05, 0.1) is 30.3 Å². The van der Waals surface area contributed by atoms with Crippen molar-refractivity contribution in [1.82, 2.24) is 4.90 Å². The molecule has 2 aromatic rings. The number of hydrogen-bond donors (Lipinski definition) is 1. The molecule has 1 aliphatic heterocycles. The first-order valence-corrected chi connectivity index (χ1v) is 9.15. The van der Waals surface area contributed by atoms with Crippen LogP contribution in [0.1, 0.15) is 28.4 Å². The Balaban J connectivity index is 1.68. The number of nitrogens with two attached hydrogens (primary N) is 1. The van der Waals surface area contributed by atoms with Crippen molar-refractivity contribution in [1.29, 1.82) is 0 Å². The number of hydrogen-bond acceptors (Lipinski definition) is 4. The van der Waals surface area contributed by atoms with Crippen molar-refractivity contribution in [2.45, 2.75) is 12.5 Å². The van der Waals surface area contributed by atoms with Crippen LogP contribution in [0.5, 0.6) is 5.75 Å². The molecular formula is C20H23ClN2O3. The SMILES string of the molecule is NCCCOc1ccc(C(=O)N2CCOC(c3ccccc3)C2)c(Cl)c1. The lowest BCUT2D eigenvalue weighted by atomic mass is 10.1. The van der Waals surface area contributed by atoms with E-state index in [4.69, 9.17) is 26.8 Å². The van der Waals surface area contributed by atoms with E-state index in [0.29, 0.717) is 49.2 Å². The van der Waals surface area contributed by atoms with Crippen LogP contribution in [-0.2, 0) is 4.74 Å². The maximum atomic E-state index is 12.9. The van der Waals surface area contributed by atoms with E-state index < -0.39 is 0 Å². The summed E-state index contributed by atoms with van der Waals surface area (Å²) in [6.45, 7) is 2.66. The van der Waals surface area contributed by atoms with Gasteiger partial charge in [-0.3, -0.25) is 4.79 Å². The molecule has 5 nitrogen and oxygen atoms in total. The summed E-state index contributed by atoms with van der Waals surface area (Å²) < 4.78 is 11.4. The molecule has 0 bridgehead atoms. The van der Waals surface area contributed by atoms with Crippen LogP contribution in [0, 0.1) is 0 Å². The van der Waals surface area contributed by atoms with Gasteiger partial charge in [-0.15, -0.1) is 0 Å². The van der Waals surface area contributed by atoms with E-state index in [9.17, 15) is 4.79 Å². The van der Waals surface area contributed by atoms with Crippen molar-refractivity contribution < 1.29 is 14.3 Å². The number of carbonyl (C=O) groups is 1. The van der Waals surface area contributed by atoms with E-state index in [1.807, 2.05) is 30.3 Å². The summed E-state index contributed by atoms with van der Waals surface area (Å²) >= 11 is 6.33. The minimum Gasteiger partial charge on any atom is -0.493 e. The molecule has 1 amide bonds. The highest BCUT2D eigenvalue weighted by atomic mass is 35.5. The summed E-state index contributed by atoms with van der Waals surface area (Å²) in [5.74, 6) is 0.553. The molecule has 1 aliphatic rings. The average molecular weight is 375 g/mol. The van der Waals surface area contributed by atoms with Gasteiger partial charge in [0.15, 0.2) is 0 Å². The number of amides is 1.